The number of anilines is 1. The average molecular weight is 422 g/mol. The van der Waals surface area contributed by atoms with Gasteiger partial charge in [0.05, 0.1) is 24.3 Å². The van der Waals surface area contributed by atoms with Crippen molar-refractivity contribution in [2.24, 2.45) is 0 Å². The van der Waals surface area contributed by atoms with E-state index in [4.69, 9.17) is 4.74 Å². The van der Waals surface area contributed by atoms with Gasteiger partial charge in [-0.2, -0.15) is 0 Å². The number of Topliss-reactive ketones (excluding diaryl/α,β-unsaturated/α-hetero) is 1. The zero-order valence-corrected chi connectivity index (χ0v) is 16.3. The highest BCUT2D eigenvalue weighted by atomic mass is 19.1. The summed E-state index contributed by atoms with van der Waals surface area (Å²) in [6.45, 7) is 0. The summed E-state index contributed by atoms with van der Waals surface area (Å²) >= 11 is 0. The number of aromatic nitrogens is 1. The van der Waals surface area contributed by atoms with Gasteiger partial charge in [-0.25, -0.2) is 13.8 Å². The van der Waals surface area contributed by atoms with Crippen LogP contribution in [0.15, 0.2) is 72.4 Å². The number of ketones is 1. The maximum atomic E-state index is 13.9. The van der Waals surface area contributed by atoms with Crippen LogP contribution in [-0.2, 0) is 9.59 Å². The number of carbonyl (C=O) groups excluding carboxylic acids is 2. The van der Waals surface area contributed by atoms with Crippen molar-refractivity contribution in [3.63, 3.8) is 0 Å². The highest BCUT2D eigenvalue weighted by Crippen LogP contribution is 2.42. The Morgan fingerprint density at radius 3 is 2.39 bits per heavy atom. The third kappa shape index (κ3) is 3.52. The fourth-order valence-electron chi connectivity index (χ4n) is 3.54. The molecule has 1 amide bonds. The van der Waals surface area contributed by atoms with E-state index >= 15 is 0 Å². The minimum atomic E-state index is -1.11. The second-order valence-corrected chi connectivity index (χ2v) is 6.75. The Hall–Kier alpha value is -4.07. The van der Waals surface area contributed by atoms with Gasteiger partial charge in [0.25, 0.3) is 5.78 Å². The molecule has 1 aliphatic rings. The van der Waals surface area contributed by atoms with Gasteiger partial charge in [0.2, 0.25) is 0 Å². The molecular formula is C23H16F2N2O4. The van der Waals surface area contributed by atoms with Crippen molar-refractivity contribution in [1.82, 2.24) is 4.98 Å². The number of halogens is 2. The fraction of sp³-hybridized carbons (Fsp3) is 0.0870. The van der Waals surface area contributed by atoms with E-state index in [1.54, 1.807) is 12.1 Å². The smallest absolute Gasteiger partial charge is 0.301 e. The number of methoxy groups -OCH3 is 1. The van der Waals surface area contributed by atoms with Crippen LogP contribution in [-0.4, -0.2) is 28.9 Å². The van der Waals surface area contributed by atoms with E-state index in [0.717, 1.165) is 17.0 Å². The van der Waals surface area contributed by atoms with Gasteiger partial charge in [-0.15, -0.1) is 0 Å². The summed E-state index contributed by atoms with van der Waals surface area (Å²) in [4.78, 5) is 31.2. The Morgan fingerprint density at radius 2 is 1.74 bits per heavy atom. The van der Waals surface area contributed by atoms with E-state index in [1.807, 2.05) is 0 Å². The Kier molecular flexibility index (Phi) is 5.21. The molecule has 0 bridgehead atoms. The minimum absolute atomic E-state index is 0.0892. The Balaban J connectivity index is 1.98. The third-order valence-corrected chi connectivity index (χ3v) is 4.94. The average Bonchev–Trinajstić information content (AvgIpc) is 3.05. The van der Waals surface area contributed by atoms with Crippen LogP contribution in [0.4, 0.5) is 14.6 Å². The normalized spacial score (nSPS) is 17.8. The lowest BCUT2D eigenvalue weighted by atomic mass is 9.95. The van der Waals surface area contributed by atoms with E-state index < -0.39 is 35.1 Å². The van der Waals surface area contributed by atoms with Gasteiger partial charge in [0, 0.05) is 6.20 Å². The van der Waals surface area contributed by atoms with Crippen LogP contribution in [0.1, 0.15) is 17.2 Å². The van der Waals surface area contributed by atoms with Crippen molar-refractivity contribution in [2.75, 3.05) is 12.0 Å². The van der Waals surface area contributed by atoms with E-state index in [-0.39, 0.29) is 22.7 Å². The molecule has 3 aromatic rings. The number of aliphatic hydroxyl groups excluding tert-OH is 1. The standard InChI is InChI=1S/C23H16F2N2O4/c1-31-17-10-9-15(25)12-16(17)21(28)19-20(13-5-7-14(24)8-6-13)27(23(30)22(19)29)18-4-2-3-11-26-18/h2-12,20,28H,1H3/t20-/m0/s1. The summed E-state index contributed by atoms with van der Waals surface area (Å²) < 4.78 is 32.6. The van der Waals surface area contributed by atoms with E-state index in [9.17, 15) is 23.5 Å². The van der Waals surface area contributed by atoms with Crippen molar-refractivity contribution >= 4 is 23.3 Å². The van der Waals surface area contributed by atoms with Crippen LogP contribution in [0.5, 0.6) is 5.75 Å². The lowest BCUT2D eigenvalue weighted by Gasteiger charge is -2.24. The number of ether oxygens (including phenoxy) is 1. The van der Waals surface area contributed by atoms with E-state index in [0.29, 0.717) is 5.56 Å². The van der Waals surface area contributed by atoms with Gasteiger partial charge < -0.3 is 9.84 Å². The maximum absolute atomic E-state index is 13.9. The van der Waals surface area contributed by atoms with Gasteiger partial charge in [-0.3, -0.25) is 14.5 Å². The Bertz CT molecular complexity index is 1190. The first kappa shape index (κ1) is 20.2. The molecule has 8 heteroatoms. The quantitative estimate of drug-likeness (QED) is 0.391. The zero-order chi connectivity index (χ0) is 22.1. The third-order valence-electron chi connectivity index (χ3n) is 4.94. The van der Waals surface area contributed by atoms with Gasteiger partial charge in [0.15, 0.2) is 0 Å². The summed E-state index contributed by atoms with van der Waals surface area (Å²) in [6.07, 6.45) is 1.45. The molecule has 1 aliphatic heterocycles. The number of aliphatic hydroxyl groups is 1. The summed E-state index contributed by atoms with van der Waals surface area (Å²) in [7, 11) is 1.33. The Morgan fingerprint density at radius 1 is 1.03 bits per heavy atom. The molecule has 0 saturated carbocycles. The van der Waals surface area contributed by atoms with E-state index in [2.05, 4.69) is 4.98 Å². The molecule has 1 aromatic heterocycles. The van der Waals surface area contributed by atoms with Crippen LogP contribution in [0, 0.1) is 11.6 Å². The molecule has 1 N–H and O–H groups in total. The second kappa shape index (κ2) is 7.98. The first-order chi connectivity index (χ1) is 14.9. The molecule has 0 aliphatic carbocycles. The molecule has 0 spiro atoms. The second-order valence-electron chi connectivity index (χ2n) is 6.75. The van der Waals surface area contributed by atoms with E-state index in [1.165, 1.54) is 49.7 Å². The SMILES string of the molecule is COc1ccc(F)cc1C(O)=C1C(=O)C(=O)N(c2ccccn2)[C@H]1c1ccc(F)cc1. The number of rotatable bonds is 4. The zero-order valence-electron chi connectivity index (χ0n) is 16.3. The van der Waals surface area contributed by atoms with Crippen LogP contribution < -0.4 is 9.64 Å². The number of amides is 1. The molecule has 1 saturated heterocycles. The summed E-state index contributed by atoms with van der Waals surface area (Å²) in [5.41, 5.74) is -0.0111. The molecule has 4 rings (SSSR count). The van der Waals surface area contributed by atoms with Crippen molar-refractivity contribution < 1.29 is 28.2 Å². The van der Waals surface area contributed by atoms with Crippen LogP contribution in [0.3, 0.4) is 0 Å². The van der Waals surface area contributed by atoms with Crippen LogP contribution >= 0.6 is 0 Å². The predicted octanol–water partition coefficient (Wildman–Crippen LogP) is 3.99. The summed E-state index contributed by atoms with van der Waals surface area (Å²) in [5, 5.41) is 11.0. The summed E-state index contributed by atoms with van der Waals surface area (Å²) in [5.74, 6) is -3.41. The molecule has 2 heterocycles. The molecule has 1 fully saturated rings. The molecule has 1 atom stereocenters. The number of hydrogen-bond donors (Lipinski definition) is 1. The van der Waals surface area contributed by atoms with Crippen molar-refractivity contribution in [1.29, 1.82) is 0 Å². The molecule has 2 aromatic carbocycles. The lowest BCUT2D eigenvalue weighted by Crippen LogP contribution is -2.30. The topological polar surface area (TPSA) is 79.7 Å². The molecule has 31 heavy (non-hydrogen) atoms. The summed E-state index contributed by atoms with van der Waals surface area (Å²) in [6, 6.07) is 12.3. The maximum Gasteiger partial charge on any atom is 0.301 e. The number of hydrogen-bond acceptors (Lipinski definition) is 5. The highest BCUT2D eigenvalue weighted by molar-refractivity contribution is 6.51. The molecule has 156 valence electrons. The number of carbonyl (C=O) groups is 2. The minimum Gasteiger partial charge on any atom is -0.507 e. The lowest BCUT2D eigenvalue weighted by molar-refractivity contribution is -0.132. The fourth-order valence-corrected chi connectivity index (χ4v) is 3.54. The molecule has 6 nitrogen and oxygen atoms in total. The molecule has 0 radical (unpaired) electrons. The first-order valence-electron chi connectivity index (χ1n) is 9.23. The van der Waals surface area contributed by atoms with Gasteiger partial charge in [-0.05, 0) is 48.0 Å². The Labute approximate surface area is 176 Å². The number of nitrogens with zero attached hydrogens (tertiary/aromatic N) is 2. The van der Waals surface area contributed by atoms with Crippen molar-refractivity contribution in [3.8, 4) is 5.75 Å². The van der Waals surface area contributed by atoms with Gasteiger partial charge in [-0.1, -0.05) is 18.2 Å². The molecular weight excluding hydrogens is 406 g/mol. The molecule has 0 unspecified atom stereocenters. The number of pyridine rings is 1. The van der Waals surface area contributed by atoms with Crippen LogP contribution in [0.2, 0.25) is 0 Å². The van der Waals surface area contributed by atoms with Crippen LogP contribution in [0.25, 0.3) is 5.76 Å². The highest BCUT2D eigenvalue weighted by Gasteiger charge is 2.47. The largest absolute Gasteiger partial charge is 0.507 e. The van der Waals surface area contributed by atoms with Crippen molar-refractivity contribution in [2.45, 2.75) is 6.04 Å². The van der Waals surface area contributed by atoms with Gasteiger partial charge >= 0.3 is 5.91 Å². The van der Waals surface area contributed by atoms with Crippen molar-refractivity contribution in [3.05, 3.63) is 95.2 Å². The monoisotopic (exact) mass is 422 g/mol. The predicted molar refractivity (Wildman–Crippen MR) is 108 cm³/mol. The first-order valence-corrected chi connectivity index (χ1v) is 9.23. The number of benzene rings is 2. The van der Waals surface area contributed by atoms with Gasteiger partial charge in [0.1, 0.15) is 29.0 Å².